The molecule has 2 atom stereocenters. The highest BCUT2D eigenvalue weighted by Gasteiger charge is 2.38. The van der Waals surface area contributed by atoms with Crippen molar-refractivity contribution in [1.29, 1.82) is 0 Å². The van der Waals surface area contributed by atoms with E-state index in [-0.39, 0.29) is 0 Å². The Morgan fingerprint density at radius 3 is 2.69 bits per heavy atom. The zero-order chi connectivity index (χ0) is 9.10. The van der Waals surface area contributed by atoms with Crippen LogP contribution < -0.4 is 0 Å². The van der Waals surface area contributed by atoms with Crippen LogP contribution in [0.4, 0.5) is 0 Å². The van der Waals surface area contributed by atoms with E-state index in [1.165, 1.54) is 44.9 Å². The third-order valence-electron chi connectivity index (χ3n) is 4.02. The Kier molecular flexibility index (Phi) is 3.29. The number of hydrogen-bond acceptors (Lipinski definition) is 0. The van der Waals surface area contributed by atoms with Crippen molar-refractivity contribution in [2.45, 2.75) is 64.7 Å². The van der Waals surface area contributed by atoms with Crippen LogP contribution in [0.1, 0.15) is 64.7 Å². The molecule has 0 aliphatic heterocycles. The molecule has 0 aromatic rings. The standard InChI is InChI=1S/C13H23/c1-2-3-4-5-6-12-9-11-7-8-13(12)10-11/h11,13H,2-10H2,1H3. The molecule has 75 valence electrons. The average molecular weight is 179 g/mol. The molecule has 2 unspecified atom stereocenters. The summed E-state index contributed by atoms with van der Waals surface area (Å²) in [5.74, 6) is 4.14. The zero-order valence-electron chi connectivity index (χ0n) is 9.02. The molecule has 2 saturated carbocycles. The maximum Gasteiger partial charge on any atom is -0.0207 e. The number of fused-ring (bicyclic) bond motifs is 2. The quantitative estimate of drug-likeness (QED) is 0.550. The Labute approximate surface area is 83.1 Å². The summed E-state index contributed by atoms with van der Waals surface area (Å²) in [6.07, 6.45) is 13.4. The van der Waals surface area contributed by atoms with Gasteiger partial charge in [-0.05, 0) is 43.4 Å². The zero-order valence-corrected chi connectivity index (χ0v) is 9.02. The number of unbranched alkanes of at least 4 members (excludes halogenated alkanes) is 3. The highest BCUT2D eigenvalue weighted by Crippen LogP contribution is 2.51. The molecule has 13 heavy (non-hydrogen) atoms. The van der Waals surface area contributed by atoms with Crippen LogP contribution in [0.25, 0.3) is 0 Å². The Bertz CT molecular complexity index is 150. The summed E-state index contributed by atoms with van der Waals surface area (Å²) >= 11 is 0. The average Bonchev–Trinajstić information content (AvgIpc) is 2.73. The van der Waals surface area contributed by atoms with Gasteiger partial charge in [0.2, 0.25) is 0 Å². The van der Waals surface area contributed by atoms with Gasteiger partial charge < -0.3 is 0 Å². The third kappa shape index (κ3) is 2.27. The van der Waals surface area contributed by atoms with Gasteiger partial charge in [0.05, 0.1) is 0 Å². The van der Waals surface area contributed by atoms with Crippen molar-refractivity contribution in [3.05, 3.63) is 5.92 Å². The molecule has 0 spiro atoms. The minimum atomic E-state index is 1.08. The fourth-order valence-corrected chi connectivity index (χ4v) is 3.25. The van der Waals surface area contributed by atoms with Crippen molar-refractivity contribution in [1.82, 2.24) is 0 Å². The largest absolute Gasteiger partial charge is 0.0654 e. The summed E-state index contributed by atoms with van der Waals surface area (Å²) in [5.41, 5.74) is 0. The summed E-state index contributed by atoms with van der Waals surface area (Å²) in [6.45, 7) is 2.30. The SMILES string of the molecule is CCCCCC[C]1CC2CCC1C2. The smallest absolute Gasteiger partial charge is 0.0207 e. The lowest BCUT2D eigenvalue weighted by atomic mass is 9.85. The Hall–Kier alpha value is 0. The van der Waals surface area contributed by atoms with E-state index in [1.54, 1.807) is 12.8 Å². The van der Waals surface area contributed by atoms with Gasteiger partial charge in [-0.25, -0.2) is 0 Å². The molecule has 0 amide bonds. The molecule has 0 saturated heterocycles. The second-order valence-corrected chi connectivity index (χ2v) is 5.05. The van der Waals surface area contributed by atoms with Gasteiger partial charge in [-0.15, -0.1) is 0 Å². The van der Waals surface area contributed by atoms with E-state index in [0.29, 0.717) is 0 Å². The van der Waals surface area contributed by atoms with Crippen LogP contribution in [0.15, 0.2) is 0 Å². The molecule has 0 N–H and O–H groups in total. The highest BCUT2D eigenvalue weighted by molar-refractivity contribution is 5.08. The van der Waals surface area contributed by atoms with Crippen molar-refractivity contribution in [2.75, 3.05) is 0 Å². The molecule has 0 heteroatoms. The summed E-state index contributed by atoms with van der Waals surface area (Å²) < 4.78 is 0. The Balaban J connectivity index is 1.60. The first-order valence-electron chi connectivity index (χ1n) is 6.24. The fourth-order valence-electron chi connectivity index (χ4n) is 3.25. The summed E-state index contributed by atoms with van der Waals surface area (Å²) in [6, 6.07) is 0. The molecule has 1 radical (unpaired) electrons. The maximum atomic E-state index is 2.30. The highest BCUT2D eigenvalue weighted by atomic mass is 14.4. The van der Waals surface area contributed by atoms with E-state index in [9.17, 15) is 0 Å². The van der Waals surface area contributed by atoms with Crippen molar-refractivity contribution in [3.8, 4) is 0 Å². The van der Waals surface area contributed by atoms with Gasteiger partial charge in [0.25, 0.3) is 0 Å². The van der Waals surface area contributed by atoms with Crippen molar-refractivity contribution < 1.29 is 0 Å². The molecule has 0 aromatic carbocycles. The van der Waals surface area contributed by atoms with Gasteiger partial charge in [0.1, 0.15) is 0 Å². The first kappa shape index (κ1) is 9.55. The minimum Gasteiger partial charge on any atom is -0.0654 e. The fraction of sp³-hybridized carbons (Fsp3) is 0.923. The molecule has 2 aliphatic rings. The Morgan fingerprint density at radius 2 is 2.08 bits per heavy atom. The van der Waals surface area contributed by atoms with Crippen molar-refractivity contribution in [3.63, 3.8) is 0 Å². The van der Waals surface area contributed by atoms with E-state index >= 15 is 0 Å². The van der Waals surface area contributed by atoms with E-state index in [2.05, 4.69) is 6.92 Å². The minimum absolute atomic E-state index is 1.08. The van der Waals surface area contributed by atoms with Gasteiger partial charge in [0.15, 0.2) is 0 Å². The third-order valence-corrected chi connectivity index (χ3v) is 4.02. The number of rotatable bonds is 5. The van der Waals surface area contributed by atoms with E-state index < -0.39 is 0 Å². The van der Waals surface area contributed by atoms with Crippen LogP contribution in [-0.4, -0.2) is 0 Å². The van der Waals surface area contributed by atoms with Crippen LogP contribution >= 0.6 is 0 Å². The first-order valence-corrected chi connectivity index (χ1v) is 6.24. The molecular formula is C13H23. The maximum absolute atomic E-state index is 2.30. The lowest BCUT2D eigenvalue weighted by Crippen LogP contribution is -2.07. The summed E-state index contributed by atoms with van der Waals surface area (Å²) in [7, 11) is 0. The second-order valence-electron chi connectivity index (χ2n) is 5.05. The van der Waals surface area contributed by atoms with Crippen LogP contribution in [0.2, 0.25) is 0 Å². The van der Waals surface area contributed by atoms with Crippen molar-refractivity contribution >= 4 is 0 Å². The molecule has 2 rings (SSSR count). The van der Waals surface area contributed by atoms with Gasteiger partial charge >= 0.3 is 0 Å². The number of hydrogen-bond donors (Lipinski definition) is 0. The van der Waals surface area contributed by atoms with E-state index in [1.807, 2.05) is 5.92 Å². The van der Waals surface area contributed by atoms with Gasteiger partial charge in [-0.3, -0.25) is 0 Å². The summed E-state index contributed by atoms with van der Waals surface area (Å²) in [5, 5.41) is 0. The lowest BCUT2D eigenvalue weighted by Gasteiger charge is -2.20. The van der Waals surface area contributed by atoms with E-state index in [4.69, 9.17) is 0 Å². The second kappa shape index (κ2) is 4.48. The molecule has 2 bridgehead atoms. The van der Waals surface area contributed by atoms with Crippen LogP contribution in [0.5, 0.6) is 0 Å². The van der Waals surface area contributed by atoms with Gasteiger partial charge in [-0.2, -0.15) is 0 Å². The van der Waals surface area contributed by atoms with Gasteiger partial charge in [-0.1, -0.05) is 39.0 Å². The summed E-state index contributed by atoms with van der Waals surface area (Å²) in [4.78, 5) is 0. The molecule has 0 nitrogen and oxygen atoms in total. The van der Waals surface area contributed by atoms with E-state index in [0.717, 1.165) is 11.8 Å². The topological polar surface area (TPSA) is 0 Å². The molecule has 0 aromatic heterocycles. The normalized spacial score (nSPS) is 33.0. The molecule has 0 heterocycles. The van der Waals surface area contributed by atoms with Gasteiger partial charge in [0, 0.05) is 0 Å². The lowest BCUT2D eigenvalue weighted by molar-refractivity contribution is 0.470. The monoisotopic (exact) mass is 179 g/mol. The molecule has 2 fully saturated rings. The molecular weight excluding hydrogens is 156 g/mol. The predicted octanol–water partition coefficient (Wildman–Crippen LogP) is 4.35. The Morgan fingerprint density at radius 1 is 1.15 bits per heavy atom. The molecule has 2 aliphatic carbocycles. The van der Waals surface area contributed by atoms with Crippen LogP contribution in [0.3, 0.4) is 0 Å². The predicted molar refractivity (Wildman–Crippen MR) is 57.5 cm³/mol. The van der Waals surface area contributed by atoms with Crippen LogP contribution in [0, 0.1) is 17.8 Å². The van der Waals surface area contributed by atoms with Crippen LogP contribution in [-0.2, 0) is 0 Å². The van der Waals surface area contributed by atoms with Crippen molar-refractivity contribution in [2.24, 2.45) is 11.8 Å². The first-order chi connectivity index (χ1) is 6.40.